The second-order valence-electron chi connectivity index (χ2n) is 7.12. The molecular weight excluding hydrogens is 302 g/mol. The normalized spacial score (nSPS) is 20.3. The number of rotatable bonds is 6. The van der Waals surface area contributed by atoms with Gasteiger partial charge in [0.05, 0.1) is 13.2 Å². The number of hydrogen-bond donors (Lipinski definition) is 0. The van der Waals surface area contributed by atoms with Crippen LogP contribution in [0.5, 0.6) is 0 Å². The molecule has 0 amide bonds. The molecule has 2 aliphatic heterocycles. The van der Waals surface area contributed by atoms with Crippen molar-refractivity contribution in [1.29, 1.82) is 0 Å². The van der Waals surface area contributed by atoms with Gasteiger partial charge < -0.3 is 14.5 Å². The summed E-state index contributed by atoms with van der Waals surface area (Å²) < 4.78 is 5.41. The van der Waals surface area contributed by atoms with Crippen LogP contribution < -0.4 is 9.80 Å². The van der Waals surface area contributed by atoms with Crippen molar-refractivity contribution in [2.24, 2.45) is 5.92 Å². The minimum absolute atomic E-state index is 0.863. The van der Waals surface area contributed by atoms with Crippen molar-refractivity contribution in [2.75, 3.05) is 69.8 Å². The van der Waals surface area contributed by atoms with E-state index in [1.165, 1.54) is 32.2 Å². The van der Waals surface area contributed by atoms with Crippen molar-refractivity contribution in [2.45, 2.75) is 25.7 Å². The Hall–Kier alpha value is -1.40. The van der Waals surface area contributed by atoms with Gasteiger partial charge in [-0.2, -0.15) is 0 Å². The minimum atomic E-state index is 0.863. The lowest BCUT2D eigenvalue weighted by atomic mass is 9.92. The van der Waals surface area contributed by atoms with Crippen LogP contribution in [0.15, 0.2) is 12.4 Å². The second-order valence-corrected chi connectivity index (χ2v) is 7.12. The third-order valence-corrected chi connectivity index (χ3v) is 5.19. The van der Waals surface area contributed by atoms with E-state index in [0.29, 0.717) is 0 Å². The summed E-state index contributed by atoms with van der Waals surface area (Å²) in [7, 11) is 4.07. The van der Waals surface area contributed by atoms with Gasteiger partial charge in [0.15, 0.2) is 11.6 Å². The van der Waals surface area contributed by atoms with Crippen LogP contribution in [0.3, 0.4) is 0 Å². The largest absolute Gasteiger partial charge is 0.379 e. The van der Waals surface area contributed by atoms with Crippen LogP contribution in [-0.2, 0) is 4.74 Å². The van der Waals surface area contributed by atoms with Gasteiger partial charge >= 0.3 is 0 Å². The van der Waals surface area contributed by atoms with E-state index in [2.05, 4.69) is 24.7 Å². The topological polar surface area (TPSA) is 44.7 Å². The van der Waals surface area contributed by atoms with E-state index in [4.69, 9.17) is 4.74 Å². The first kappa shape index (κ1) is 17.4. The Morgan fingerprint density at radius 2 is 1.79 bits per heavy atom. The molecule has 0 atom stereocenters. The van der Waals surface area contributed by atoms with E-state index in [1.54, 1.807) is 12.4 Å². The van der Waals surface area contributed by atoms with Gasteiger partial charge in [-0.3, -0.25) is 4.90 Å². The van der Waals surface area contributed by atoms with Crippen molar-refractivity contribution >= 4 is 11.6 Å². The molecule has 2 aliphatic rings. The first-order valence-corrected chi connectivity index (χ1v) is 9.27. The van der Waals surface area contributed by atoms with E-state index in [-0.39, 0.29) is 0 Å². The first-order valence-electron chi connectivity index (χ1n) is 9.27. The second kappa shape index (κ2) is 8.62. The maximum Gasteiger partial charge on any atom is 0.171 e. The van der Waals surface area contributed by atoms with Crippen LogP contribution in [0.4, 0.5) is 11.6 Å². The van der Waals surface area contributed by atoms with E-state index < -0.39 is 0 Å². The van der Waals surface area contributed by atoms with Crippen LogP contribution in [0.25, 0.3) is 0 Å². The zero-order valence-electron chi connectivity index (χ0n) is 15.2. The molecule has 0 aliphatic carbocycles. The maximum atomic E-state index is 5.41. The Morgan fingerprint density at radius 1 is 1.08 bits per heavy atom. The SMILES string of the molecule is CN(C)c1nccnc1N1CCC(CCCN2CCOCC2)CC1. The summed E-state index contributed by atoms with van der Waals surface area (Å²) in [6.07, 6.45) is 8.79. The molecule has 0 radical (unpaired) electrons. The molecule has 6 heteroatoms. The molecule has 24 heavy (non-hydrogen) atoms. The van der Waals surface area contributed by atoms with E-state index in [1.807, 2.05) is 14.1 Å². The van der Waals surface area contributed by atoms with Gasteiger partial charge in [-0.1, -0.05) is 0 Å². The summed E-state index contributed by atoms with van der Waals surface area (Å²) in [6, 6.07) is 0. The molecule has 0 bridgehead atoms. The van der Waals surface area contributed by atoms with Crippen LogP contribution in [-0.4, -0.2) is 74.9 Å². The molecule has 0 saturated carbocycles. The molecule has 1 aromatic heterocycles. The van der Waals surface area contributed by atoms with Crippen LogP contribution >= 0.6 is 0 Å². The molecule has 0 unspecified atom stereocenters. The Labute approximate surface area is 145 Å². The number of ether oxygens (including phenoxy) is 1. The standard InChI is InChI=1S/C18H31N5O/c1-21(2)17-18(20-8-7-19-17)23-10-5-16(6-11-23)4-3-9-22-12-14-24-15-13-22/h7-8,16H,3-6,9-15H2,1-2H3. The highest BCUT2D eigenvalue weighted by Gasteiger charge is 2.23. The fourth-order valence-electron chi connectivity index (χ4n) is 3.72. The van der Waals surface area contributed by atoms with Gasteiger partial charge in [0, 0.05) is 52.7 Å². The van der Waals surface area contributed by atoms with Crippen molar-refractivity contribution in [1.82, 2.24) is 14.9 Å². The summed E-state index contributed by atoms with van der Waals surface area (Å²) >= 11 is 0. The number of piperidine rings is 1. The summed E-state index contributed by atoms with van der Waals surface area (Å²) in [5.41, 5.74) is 0. The minimum Gasteiger partial charge on any atom is -0.379 e. The van der Waals surface area contributed by atoms with E-state index in [0.717, 1.165) is 56.9 Å². The predicted molar refractivity (Wildman–Crippen MR) is 97.8 cm³/mol. The molecular formula is C18H31N5O. The molecule has 1 aromatic rings. The number of hydrogen-bond acceptors (Lipinski definition) is 6. The van der Waals surface area contributed by atoms with Gasteiger partial charge in [-0.15, -0.1) is 0 Å². The fraction of sp³-hybridized carbons (Fsp3) is 0.778. The third-order valence-electron chi connectivity index (χ3n) is 5.19. The highest BCUT2D eigenvalue weighted by Crippen LogP contribution is 2.29. The lowest BCUT2D eigenvalue weighted by Gasteiger charge is -2.34. The highest BCUT2D eigenvalue weighted by atomic mass is 16.5. The Bertz CT molecular complexity index is 496. The molecule has 6 nitrogen and oxygen atoms in total. The highest BCUT2D eigenvalue weighted by molar-refractivity contribution is 5.61. The molecule has 2 saturated heterocycles. The Balaban J connectivity index is 1.42. The quantitative estimate of drug-likeness (QED) is 0.792. The number of aromatic nitrogens is 2. The van der Waals surface area contributed by atoms with Crippen LogP contribution in [0, 0.1) is 5.92 Å². The smallest absolute Gasteiger partial charge is 0.171 e. The van der Waals surface area contributed by atoms with E-state index >= 15 is 0 Å². The monoisotopic (exact) mass is 333 g/mol. The van der Waals surface area contributed by atoms with Gasteiger partial charge in [0.25, 0.3) is 0 Å². The Morgan fingerprint density at radius 3 is 2.50 bits per heavy atom. The summed E-state index contributed by atoms with van der Waals surface area (Å²) in [6.45, 7) is 7.47. The van der Waals surface area contributed by atoms with Crippen LogP contribution in [0.2, 0.25) is 0 Å². The van der Waals surface area contributed by atoms with Gasteiger partial charge in [0.1, 0.15) is 0 Å². The lowest BCUT2D eigenvalue weighted by molar-refractivity contribution is 0.0365. The number of anilines is 2. The van der Waals surface area contributed by atoms with Crippen molar-refractivity contribution < 1.29 is 4.74 Å². The van der Waals surface area contributed by atoms with Crippen molar-refractivity contribution in [3.63, 3.8) is 0 Å². The van der Waals surface area contributed by atoms with Gasteiger partial charge in [0.2, 0.25) is 0 Å². The summed E-state index contributed by atoms with van der Waals surface area (Å²) in [4.78, 5) is 16.1. The summed E-state index contributed by atoms with van der Waals surface area (Å²) in [5, 5.41) is 0. The predicted octanol–water partition coefficient (Wildman–Crippen LogP) is 1.87. The zero-order chi connectivity index (χ0) is 16.8. The van der Waals surface area contributed by atoms with Crippen molar-refractivity contribution in [3.05, 3.63) is 12.4 Å². The van der Waals surface area contributed by atoms with Gasteiger partial charge in [-0.25, -0.2) is 9.97 Å². The van der Waals surface area contributed by atoms with E-state index in [9.17, 15) is 0 Å². The fourth-order valence-corrected chi connectivity index (χ4v) is 3.72. The average molecular weight is 333 g/mol. The third kappa shape index (κ3) is 4.57. The molecule has 2 fully saturated rings. The number of nitrogens with zero attached hydrogens (tertiary/aromatic N) is 5. The zero-order valence-corrected chi connectivity index (χ0v) is 15.2. The molecule has 134 valence electrons. The molecule has 0 spiro atoms. The lowest BCUT2D eigenvalue weighted by Crippen LogP contribution is -2.38. The maximum absolute atomic E-state index is 5.41. The molecule has 0 aromatic carbocycles. The van der Waals surface area contributed by atoms with Gasteiger partial charge in [-0.05, 0) is 38.1 Å². The average Bonchev–Trinajstić information content (AvgIpc) is 2.63. The number of morpholine rings is 1. The molecule has 0 N–H and O–H groups in total. The van der Waals surface area contributed by atoms with Crippen molar-refractivity contribution in [3.8, 4) is 0 Å². The summed E-state index contributed by atoms with van der Waals surface area (Å²) in [5.74, 6) is 2.87. The first-order chi connectivity index (χ1) is 11.7. The van der Waals surface area contributed by atoms with Crippen LogP contribution in [0.1, 0.15) is 25.7 Å². The molecule has 3 rings (SSSR count). The molecule has 3 heterocycles. The Kier molecular flexibility index (Phi) is 6.26.